The molecule has 1 aliphatic heterocycles. The molecule has 1 N–H and O–H groups in total. The fraction of sp³-hybridized carbons (Fsp3) is 0.300. The number of carbonyl (C=O) groups is 2. The number of hydrogen-bond donors (Lipinski definition) is 1. The lowest BCUT2D eigenvalue weighted by Crippen LogP contribution is -2.36. The average molecular weight is 468 g/mol. The highest BCUT2D eigenvalue weighted by Gasteiger charge is 2.25. The first kappa shape index (κ1) is 22.8. The Morgan fingerprint density at radius 3 is 2.55 bits per heavy atom. The quantitative estimate of drug-likeness (QED) is 0.389. The van der Waals surface area contributed by atoms with E-state index >= 15 is 0 Å². The number of benzene rings is 2. The number of amides is 1. The summed E-state index contributed by atoms with van der Waals surface area (Å²) < 4.78 is 10.4. The van der Waals surface area contributed by atoms with Crippen LogP contribution in [0.5, 0.6) is 0 Å². The molecular formula is C20H19Cl2N3O6. The third-order valence-electron chi connectivity index (χ3n) is 4.60. The molecule has 1 heterocycles. The van der Waals surface area contributed by atoms with Gasteiger partial charge in [0.25, 0.3) is 11.6 Å². The zero-order chi connectivity index (χ0) is 22.5. The van der Waals surface area contributed by atoms with Gasteiger partial charge in [-0.25, -0.2) is 4.79 Å². The summed E-state index contributed by atoms with van der Waals surface area (Å²) in [6, 6.07) is 8.61. The summed E-state index contributed by atoms with van der Waals surface area (Å²) in [6.45, 7) is 3.33. The van der Waals surface area contributed by atoms with Gasteiger partial charge in [-0.05, 0) is 37.3 Å². The Bertz CT molecular complexity index is 1010. The number of morpholine rings is 1. The van der Waals surface area contributed by atoms with Crippen LogP contribution >= 0.6 is 23.2 Å². The summed E-state index contributed by atoms with van der Waals surface area (Å²) in [7, 11) is 0. The Morgan fingerprint density at radius 1 is 1.19 bits per heavy atom. The molecule has 0 aromatic heterocycles. The van der Waals surface area contributed by atoms with Gasteiger partial charge in [0, 0.05) is 24.2 Å². The molecule has 31 heavy (non-hydrogen) atoms. The zero-order valence-electron chi connectivity index (χ0n) is 16.5. The van der Waals surface area contributed by atoms with E-state index in [0.717, 1.165) is 6.07 Å². The number of ether oxygens (including phenoxy) is 2. The lowest BCUT2D eigenvalue weighted by atomic mass is 10.1. The number of carbonyl (C=O) groups excluding carboxylic acids is 2. The van der Waals surface area contributed by atoms with Crippen LogP contribution in [0.1, 0.15) is 17.3 Å². The summed E-state index contributed by atoms with van der Waals surface area (Å²) in [5.74, 6) is -1.47. The van der Waals surface area contributed by atoms with Crippen molar-refractivity contribution in [2.45, 2.75) is 13.0 Å². The summed E-state index contributed by atoms with van der Waals surface area (Å²) in [6.07, 6.45) is -1.17. The molecule has 2 aromatic carbocycles. The van der Waals surface area contributed by atoms with E-state index in [-0.39, 0.29) is 16.3 Å². The van der Waals surface area contributed by atoms with Crippen molar-refractivity contribution in [3.05, 3.63) is 62.1 Å². The number of esters is 1. The molecule has 3 rings (SSSR count). The second-order valence-electron chi connectivity index (χ2n) is 6.72. The molecule has 1 amide bonds. The molecule has 0 aliphatic carbocycles. The highest BCUT2D eigenvalue weighted by molar-refractivity contribution is 6.36. The summed E-state index contributed by atoms with van der Waals surface area (Å²) in [5.41, 5.74) is 0.451. The molecule has 9 nitrogen and oxygen atoms in total. The van der Waals surface area contributed by atoms with Crippen LogP contribution in [-0.4, -0.2) is 49.2 Å². The lowest BCUT2D eigenvalue weighted by molar-refractivity contribution is -0.384. The summed E-state index contributed by atoms with van der Waals surface area (Å²) in [5, 5.41) is 14.7. The van der Waals surface area contributed by atoms with Crippen molar-refractivity contribution in [1.29, 1.82) is 0 Å². The van der Waals surface area contributed by atoms with Crippen LogP contribution < -0.4 is 10.2 Å². The van der Waals surface area contributed by atoms with Crippen molar-refractivity contribution >= 4 is 52.1 Å². The van der Waals surface area contributed by atoms with Crippen molar-refractivity contribution in [2.24, 2.45) is 0 Å². The molecule has 0 radical (unpaired) electrons. The van der Waals surface area contributed by atoms with Crippen molar-refractivity contribution in [2.75, 3.05) is 36.5 Å². The van der Waals surface area contributed by atoms with Gasteiger partial charge in [-0.1, -0.05) is 23.2 Å². The minimum absolute atomic E-state index is 0.0344. The fourth-order valence-corrected chi connectivity index (χ4v) is 3.43. The number of anilines is 2. The maximum Gasteiger partial charge on any atom is 0.339 e. The third-order valence-corrected chi connectivity index (χ3v) is 5.15. The largest absolute Gasteiger partial charge is 0.449 e. The van der Waals surface area contributed by atoms with Gasteiger partial charge in [-0.3, -0.25) is 14.9 Å². The standard InChI is InChI=1S/C20H19Cl2N3O6/c1-12(19(26)23-16-4-3-14(21)11-15(16)22)31-20(27)13-2-5-17(18(10-13)25(28)29)24-6-8-30-9-7-24/h2-5,10-12H,6-9H2,1H3,(H,23,26). The molecule has 1 aliphatic rings. The minimum atomic E-state index is -1.17. The molecule has 11 heteroatoms. The summed E-state index contributed by atoms with van der Waals surface area (Å²) in [4.78, 5) is 37.6. The van der Waals surface area contributed by atoms with Gasteiger partial charge in [0.05, 0.1) is 34.4 Å². The highest BCUT2D eigenvalue weighted by atomic mass is 35.5. The van der Waals surface area contributed by atoms with E-state index in [9.17, 15) is 19.7 Å². The van der Waals surface area contributed by atoms with E-state index in [1.165, 1.54) is 31.2 Å². The number of rotatable bonds is 6. The number of halogens is 2. The van der Waals surface area contributed by atoms with Crippen LogP contribution in [0, 0.1) is 10.1 Å². The molecule has 1 saturated heterocycles. The molecule has 2 aromatic rings. The topological polar surface area (TPSA) is 111 Å². The van der Waals surface area contributed by atoms with E-state index in [1.54, 1.807) is 6.07 Å². The van der Waals surface area contributed by atoms with Crippen molar-refractivity contribution in [1.82, 2.24) is 0 Å². The molecular weight excluding hydrogens is 449 g/mol. The maximum atomic E-state index is 12.5. The molecule has 1 atom stereocenters. The number of nitrogens with zero attached hydrogens (tertiary/aromatic N) is 2. The Labute approximate surface area is 188 Å². The van der Waals surface area contributed by atoms with Crippen molar-refractivity contribution < 1.29 is 24.0 Å². The smallest absolute Gasteiger partial charge is 0.339 e. The maximum absolute atomic E-state index is 12.5. The Kier molecular flexibility index (Phi) is 7.32. The first-order valence-corrected chi connectivity index (χ1v) is 10.1. The lowest BCUT2D eigenvalue weighted by Gasteiger charge is -2.28. The minimum Gasteiger partial charge on any atom is -0.449 e. The molecule has 1 unspecified atom stereocenters. The molecule has 164 valence electrons. The highest BCUT2D eigenvalue weighted by Crippen LogP contribution is 2.30. The second kappa shape index (κ2) is 9.95. The number of nitro groups is 1. The first-order chi connectivity index (χ1) is 14.8. The molecule has 0 bridgehead atoms. The van der Waals surface area contributed by atoms with E-state index < -0.39 is 22.9 Å². The van der Waals surface area contributed by atoms with Crippen LogP contribution in [-0.2, 0) is 14.3 Å². The van der Waals surface area contributed by atoms with Gasteiger partial charge < -0.3 is 19.7 Å². The van der Waals surface area contributed by atoms with E-state index in [0.29, 0.717) is 42.7 Å². The van der Waals surface area contributed by atoms with Gasteiger partial charge in [0.1, 0.15) is 5.69 Å². The first-order valence-electron chi connectivity index (χ1n) is 9.34. The van der Waals surface area contributed by atoms with E-state index in [4.69, 9.17) is 32.7 Å². The Balaban J connectivity index is 1.70. The Hall–Kier alpha value is -2.88. The van der Waals surface area contributed by atoms with E-state index in [1.807, 2.05) is 4.90 Å². The normalized spacial score (nSPS) is 14.6. The number of hydrogen-bond acceptors (Lipinski definition) is 7. The van der Waals surface area contributed by atoms with Gasteiger partial charge in [-0.15, -0.1) is 0 Å². The van der Waals surface area contributed by atoms with Crippen LogP contribution in [0.2, 0.25) is 10.0 Å². The predicted octanol–water partition coefficient (Wildman–Crippen LogP) is 3.92. The van der Waals surface area contributed by atoms with Crippen LogP contribution in [0.3, 0.4) is 0 Å². The predicted molar refractivity (Wildman–Crippen MR) is 116 cm³/mol. The van der Waals surface area contributed by atoms with Crippen LogP contribution in [0.15, 0.2) is 36.4 Å². The van der Waals surface area contributed by atoms with Crippen LogP contribution in [0.4, 0.5) is 17.1 Å². The van der Waals surface area contributed by atoms with E-state index in [2.05, 4.69) is 5.32 Å². The van der Waals surface area contributed by atoms with Crippen molar-refractivity contribution in [3.8, 4) is 0 Å². The third kappa shape index (κ3) is 5.63. The molecule has 0 saturated carbocycles. The average Bonchev–Trinajstić information content (AvgIpc) is 2.75. The number of nitro benzene ring substituents is 1. The van der Waals surface area contributed by atoms with Gasteiger partial charge in [-0.2, -0.15) is 0 Å². The number of nitrogens with one attached hydrogen (secondary N) is 1. The molecule has 0 spiro atoms. The Morgan fingerprint density at radius 2 is 1.90 bits per heavy atom. The fourth-order valence-electron chi connectivity index (χ4n) is 2.98. The van der Waals surface area contributed by atoms with Crippen LogP contribution in [0.25, 0.3) is 0 Å². The zero-order valence-corrected chi connectivity index (χ0v) is 18.0. The molecule has 1 fully saturated rings. The van der Waals surface area contributed by atoms with Gasteiger partial charge in [0.15, 0.2) is 6.10 Å². The van der Waals surface area contributed by atoms with Crippen molar-refractivity contribution in [3.63, 3.8) is 0 Å². The SMILES string of the molecule is CC(OC(=O)c1ccc(N2CCOCC2)c([N+](=O)[O-])c1)C(=O)Nc1ccc(Cl)cc1Cl. The van der Waals surface area contributed by atoms with Gasteiger partial charge in [0.2, 0.25) is 0 Å². The van der Waals surface area contributed by atoms with Gasteiger partial charge >= 0.3 is 5.97 Å². The summed E-state index contributed by atoms with van der Waals surface area (Å²) >= 11 is 11.8. The second-order valence-corrected chi connectivity index (χ2v) is 7.56. The monoisotopic (exact) mass is 467 g/mol.